The lowest BCUT2D eigenvalue weighted by Crippen LogP contribution is -2.42. The SMILES string of the molecule is C=C(C)CO.CC(O)C1CCCC(C)(C)C1.CC(OC(C)(C)CO)C1CCCC(C)(C)C1.CC(OC(C)(C)COC(C)(C)CO)C1CCCC(C)(C)C1. The van der Waals surface area contributed by atoms with Gasteiger partial charge in [-0.15, -0.1) is 0 Å². The van der Waals surface area contributed by atoms with Crippen LogP contribution in [-0.4, -0.2) is 82.0 Å². The number of hydrogen-bond acceptors (Lipinski definition) is 7. The molecule has 0 bridgehead atoms. The van der Waals surface area contributed by atoms with Crippen LogP contribution >= 0.6 is 0 Å². The van der Waals surface area contributed by atoms with Gasteiger partial charge < -0.3 is 34.6 Å². The Morgan fingerprint density at radius 3 is 1.23 bits per heavy atom. The van der Waals surface area contributed by atoms with Gasteiger partial charge in [0.2, 0.25) is 0 Å². The normalized spacial score (nSPS) is 25.8. The second-order valence-corrected chi connectivity index (χ2v) is 21.4. The van der Waals surface area contributed by atoms with Gasteiger partial charge in [-0.2, -0.15) is 0 Å². The highest BCUT2D eigenvalue weighted by atomic mass is 16.6. The van der Waals surface area contributed by atoms with E-state index in [1.54, 1.807) is 6.92 Å². The Morgan fingerprint density at radius 1 is 0.623 bits per heavy atom. The molecule has 0 aliphatic heterocycles. The van der Waals surface area contributed by atoms with Gasteiger partial charge in [-0.3, -0.25) is 0 Å². The molecule has 3 aliphatic carbocycles. The van der Waals surface area contributed by atoms with Crippen LogP contribution in [0.1, 0.15) is 188 Å². The Bertz CT molecular complexity index is 996. The first-order valence-corrected chi connectivity index (χ1v) is 21.1. The summed E-state index contributed by atoms with van der Waals surface area (Å²) in [5.74, 6) is 1.84. The Morgan fingerprint density at radius 2 is 0.943 bits per heavy atom. The van der Waals surface area contributed by atoms with Crippen LogP contribution in [0.3, 0.4) is 0 Å². The molecule has 3 aliphatic rings. The van der Waals surface area contributed by atoms with Crippen molar-refractivity contribution in [2.75, 3.05) is 26.4 Å². The van der Waals surface area contributed by atoms with Crippen LogP contribution in [0.5, 0.6) is 0 Å². The molecular formula is C46H92O7. The third-order valence-corrected chi connectivity index (χ3v) is 11.6. The van der Waals surface area contributed by atoms with Crippen LogP contribution in [0.2, 0.25) is 0 Å². The molecule has 0 spiro atoms. The summed E-state index contributed by atoms with van der Waals surface area (Å²) in [6.45, 7) is 38.1. The molecule has 6 unspecified atom stereocenters. The first-order chi connectivity index (χ1) is 24.0. The highest BCUT2D eigenvalue weighted by molar-refractivity contribution is 4.87. The predicted octanol–water partition coefficient (Wildman–Crippen LogP) is 10.7. The monoisotopic (exact) mass is 757 g/mol. The Hall–Kier alpha value is -0.540. The van der Waals surface area contributed by atoms with E-state index in [0.29, 0.717) is 40.6 Å². The van der Waals surface area contributed by atoms with Crippen molar-refractivity contribution >= 4 is 0 Å². The lowest BCUT2D eigenvalue weighted by molar-refractivity contribution is -0.162. The highest BCUT2D eigenvalue weighted by Crippen LogP contribution is 2.43. The minimum atomic E-state index is -0.503. The van der Waals surface area contributed by atoms with E-state index < -0.39 is 11.2 Å². The fourth-order valence-electron chi connectivity index (χ4n) is 8.17. The number of rotatable bonds is 13. The van der Waals surface area contributed by atoms with Crippen molar-refractivity contribution in [2.24, 2.45) is 34.0 Å². The van der Waals surface area contributed by atoms with Gasteiger partial charge >= 0.3 is 0 Å². The van der Waals surface area contributed by atoms with Crippen molar-refractivity contribution in [3.63, 3.8) is 0 Å². The summed E-state index contributed by atoms with van der Waals surface area (Å²) in [5.41, 5.74) is 0.958. The van der Waals surface area contributed by atoms with E-state index in [4.69, 9.17) is 19.3 Å². The van der Waals surface area contributed by atoms with E-state index >= 15 is 0 Å². The van der Waals surface area contributed by atoms with Crippen LogP contribution < -0.4 is 0 Å². The Balaban J connectivity index is 0.000000746. The maximum absolute atomic E-state index is 9.41. The summed E-state index contributed by atoms with van der Waals surface area (Å²) >= 11 is 0. The topological polar surface area (TPSA) is 109 Å². The standard InChI is InChI=1S/C18H36O3.C14H28O2.C10H20O.C4H8O/c1-14(15-9-8-10-16(2,3)11-15)21-18(6,7)13-20-17(4,5)12-19;1-11(16-14(4,5)10-15)12-7-6-8-13(2,3)9-12;1-8(11)9-5-4-6-10(2,3)7-9;1-4(2)3-5/h14-15,19H,8-13H2,1-7H3;11-12,15H,6-10H2,1-5H3;8-9,11H,4-7H2,1-3H3;5H,1,3H2,2H3. The fraction of sp³-hybridized carbons (Fsp3) is 0.957. The van der Waals surface area contributed by atoms with Crippen LogP contribution in [0, 0.1) is 34.0 Å². The number of aliphatic hydroxyl groups excluding tert-OH is 4. The molecule has 0 aromatic heterocycles. The van der Waals surface area contributed by atoms with Gasteiger partial charge in [0.15, 0.2) is 0 Å². The summed E-state index contributed by atoms with van der Waals surface area (Å²) in [5, 5.41) is 35.9. The summed E-state index contributed by atoms with van der Waals surface area (Å²) in [6, 6.07) is 0. The molecule has 0 heterocycles. The molecule has 0 saturated heterocycles. The largest absolute Gasteiger partial charge is 0.393 e. The van der Waals surface area contributed by atoms with Crippen LogP contribution in [0.15, 0.2) is 12.2 Å². The van der Waals surface area contributed by atoms with Crippen LogP contribution in [-0.2, 0) is 14.2 Å². The average molecular weight is 757 g/mol. The van der Waals surface area contributed by atoms with Gasteiger partial charge in [0.1, 0.15) is 0 Å². The molecule has 3 rings (SSSR count). The summed E-state index contributed by atoms with van der Waals surface area (Å²) < 4.78 is 18.1. The zero-order valence-corrected chi connectivity index (χ0v) is 38.0. The summed E-state index contributed by atoms with van der Waals surface area (Å²) in [4.78, 5) is 0. The van der Waals surface area contributed by atoms with Gasteiger partial charge in [0.25, 0.3) is 0 Å². The number of ether oxygens (including phenoxy) is 3. The molecular weight excluding hydrogens is 664 g/mol. The molecule has 53 heavy (non-hydrogen) atoms. The van der Waals surface area contributed by atoms with Crippen molar-refractivity contribution in [1.29, 1.82) is 0 Å². The first-order valence-electron chi connectivity index (χ1n) is 21.1. The smallest absolute Gasteiger partial charge is 0.0863 e. The molecule has 318 valence electrons. The Kier molecular flexibility index (Phi) is 22.8. The number of hydrogen-bond donors (Lipinski definition) is 4. The fourth-order valence-corrected chi connectivity index (χ4v) is 8.17. The average Bonchev–Trinajstić information content (AvgIpc) is 3.03. The second-order valence-electron chi connectivity index (χ2n) is 21.4. The van der Waals surface area contributed by atoms with Crippen molar-refractivity contribution in [3.05, 3.63) is 12.2 Å². The van der Waals surface area contributed by atoms with Gasteiger partial charge in [-0.1, -0.05) is 73.0 Å². The summed E-state index contributed by atoms with van der Waals surface area (Å²) in [6.07, 6.45) is 15.7. The van der Waals surface area contributed by atoms with Gasteiger partial charge in [0, 0.05) is 0 Å². The lowest BCUT2D eigenvalue weighted by atomic mass is 9.70. The van der Waals surface area contributed by atoms with E-state index in [1.807, 2.05) is 34.6 Å². The third-order valence-electron chi connectivity index (χ3n) is 11.6. The van der Waals surface area contributed by atoms with E-state index in [1.165, 1.54) is 77.0 Å². The maximum Gasteiger partial charge on any atom is 0.0863 e. The van der Waals surface area contributed by atoms with Gasteiger partial charge in [0.05, 0.1) is 61.5 Å². The zero-order chi connectivity index (χ0) is 41.5. The van der Waals surface area contributed by atoms with E-state index in [0.717, 1.165) is 5.57 Å². The maximum atomic E-state index is 9.41. The quantitative estimate of drug-likeness (QED) is 0.139. The van der Waals surface area contributed by atoms with Crippen molar-refractivity contribution in [1.82, 2.24) is 0 Å². The van der Waals surface area contributed by atoms with Crippen molar-refractivity contribution < 1.29 is 34.6 Å². The van der Waals surface area contributed by atoms with Crippen LogP contribution in [0.25, 0.3) is 0 Å². The molecule has 6 atom stereocenters. The molecule has 0 amide bonds. The molecule has 0 aromatic carbocycles. The third kappa shape index (κ3) is 24.0. The van der Waals surface area contributed by atoms with E-state index in [-0.39, 0.29) is 43.7 Å². The molecule has 7 heteroatoms. The van der Waals surface area contributed by atoms with Gasteiger partial charge in [-0.05, 0) is 161 Å². The van der Waals surface area contributed by atoms with E-state index in [9.17, 15) is 15.3 Å². The summed E-state index contributed by atoms with van der Waals surface area (Å²) in [7, 11) is 0. The van der Waals surface area contributed by atoms with Crippen molar-refractivity contribution in [2.45, 2.75) is 223 Å². The van der Waals surface area contributed by atoms with Crippen molar-refractivity contribution in [3.8, 4) is 0 Å². The van der Waals surface area contributed by atoms with Gasteiger partial charge in [-0.25, -0.2) is 0 Å². The first kappa shape index (κ1) is 52.5. The second kappa shape index (κ2) is 23.0. The Labute approximate surface area is 329 Å². The molecule has 3 saturated carbocycles. The molecule has 3 fully saturated rings. The molecule has 0 radical (unpaired) electrons. The molecule has 4 N–H and O–H groups in total. The van der Waals surface area contributed by atoms with E-state index in [2.05, 4.69) is 75.8 Å². The minimum Gasteiger partial charge on any atom is -0.393 e. The highest BCUT2D eigenvalue weighted by Gasteiger charge is 2.36. The zero-order valence-electron chi connectivity index (χ0n) is 38.0. The minimum absolute atomic E-state index is 0.0233. The number of aliphatic hydroxyl groups is 4. The van der Waals surface area contributed by atoms with Crippen LogP contribution in [0.4, 0.5) is 0 Å². The molecule has 7 nitrogen and oxygen atoms in total. The predicted molar refractivity (Wildman–Crippen MR) is 224 cm³/mol. The molecule has 0 aromatic rings. The lowest BCUT2D eigenvalue weighted by Gasteiger charge is -2.41.